The van der Waals surface area contributed by atoms with E-state index < -0.39 is 5.82 Å². The van der Waals surface area contributed by atoms with Crippen molar-refractivity contribution in [2.45, 2.75) is 26.3 Å². The first-order valence-electron chi connectivity index (χ1n) is 7.53. The van der Waals surface area contributed by atoms with E-state index >= 15 is 0 Å². The Morgan fingerprint density at radius 1 is 1.22 bits per heavy atom. The summed E-state index contributed by atoms with van der Waals surface area (Å²) in [5, 5.41) is 5.54. The van der Waals surface area contributed by atoms with Gasteiger partial charge in [0.15, 0.2) is 11.6 Å². The van der Waals surface area contributed by atoms with Crippen LogP contribution < -0.4 is 15.4 Å². The molecule has 5 heteroatoms. The smallest absolute Gasteiger partial charge is 0.319 e. The van der Waals surface area contributed by atoms with E-state index in [1.807, 2.05) is 24.3 Å². The zero-order valence-corrected chi connectivity index (χ0v) is 13.5. The number of amides is 2. The lowest BCUT2D eigenvalue weighted by atomic mass is 10.1. The minimum absolute atomic E-state index is 0.182. The van der Waals surface area contributed by atoms with E-state index in [-0.39, 0.29) is 17.8 Å². The fourth-order valence-corrected chi connectivity index (χ4v) is 2.22. The molecule has 0 aliphatic carbocycles. The van der Waals surface area contributed by atoms with Crippen LogP contribution in [0.25, 0.3) is 0 Å². The molecular weight excluding hydrogens is 295 g/mol. The van der Waals surface area contributed by atoms with Crippen LogP contribution in [0.5, 0.6) is 5.75 Å². The molecule has 0 spiro atoms. The number of anilines is 1. The largest absolute Gasteiger partial charge is 0.494 e. The quantitative estimate of drug-likeness (QED) is 0.865. The fraction of sp³-hybridized carbons (Fsp3) is 0.278. The second-order valence-electron chi connectivity index (χ2n) is 5.26. The normalized spacial score (nSPS) is 11.7. The molecule has 23 heavy (non-hydrogen) atoms. The van der Waals surface area contributed by atoms with Crippen LogP contribution in [0.3, 0.4) is 0 Å². The van der Waals surface area contributed by atoms with Gasteiger partial charge in [-0.1, -0.05) is 25.1 Å². The third-order valence-electron chi connectivity index (χ3n) is 3.64. The Hall–Kier alpha value is -2.56. The number of urea groups is 1. The summed E-state index contributed by atoms with van der Waals surface area (Å²) >= 11 is 0. The number of ether oxygens (including phenoxy) is 1. The molecule has 0 fully saturated rings. The molecule has 2 N–H and O–H groups in total. The number of aryl methyl sites for hydroxylation is 1. The van der Waals surface area contributed by atoms with Crippen molar-refractivity contribution in [1.29, 1.82) is 0 Å². The maximum absolute atomic E-state index is 13.7. The van der Waals surface area contributed by atoms with Crippen molar-refractivity contribution >= 4 is 11.7 Å². The standard InChI is InChI=1S/C18H21FN2O2/c1-4-13-5-8-15(9-6-13)21-18(22)20-12(2)14-7-10-17(23-3)16(19)11-14/h5-12H,4H2,1-3H3,(H2,20,21,22)/t12-/m1/s1. The Bertz CT molecular complexity index is 671. The monoisotopic (exact) mass is 316 g/mol. The van der Waals surface area contributed by atoms with E-state index in [0.717, 1.165) is 6.42 Å². The number of nitrogens with one attached hydrogen (secondary N) is 2. The van der Waals surface area contributed by atoms with Crippen molar-refractivity contribution < 1.29 is 13.9 Å². The van der Waals surface area contributed by atoms with Crippen LogP contribution >= 0.6 is 0 Å². The summed E-state index contributed by atoms with van der Waals surface area (Å²) in [7, 11) is 1.41. The number of halogens is 1. The van der Waals surface area contributed by atoms with Gasteiger partial charge < -0.3 is 15.4 Å². The van der Waals surface area contributed by atoms with Gasteiger partial charge in [0.1, 0.15) is 0 Å². The maximum atomic E-state index is 13.7. The van der Waals surface area contributed by atoms with Crippen LogP contribution in [0.15, 0.2) is 42.5 Å². The number of hydrogen-bond donors (Lipinski definition) is 2. The van der Waals surface area contributed by atoms with E-state index in [2.05, 4.69) is 17.6 Å². The van der Waals surface area contributed by atoms with Crippen molar-refractivity contribution in [2.24, 2.45) is 0 Å². The highest BCUT2D eigenvalue weighted by Gasteiger charge is 2.12. The van der Waals surface area contributed by atoms with Crippen molar-refractivity contribution in [1.82, 2.24) is 5.32 Å². The molecule has 0 radical (unpaired) electrons. The van der Waals surface area contributed by atoms with Gasteiger partial charge in [0.2, 0.25) is 0 Å². The molecular formula is C18H21FN2O2. The van der Waals surface area contributed by atoms with Gasteiger partial charge in [-0.2, -0.15) is 0 Å². The summed E-state index contributed by atoms with van der Waals surface area (Å²) in [5.74, 6) is -0.268. The zero-order chi connectivity index (χ0) is 16.8. The maximum Gasteiger partial charge on any atom is 0.319 e. The van der Waals surface area contributed by atoms with Gasteiger partial charge in [-0.3, -0.25) is 0 Å². The van der Waals surface area contributed by atoms with Crippen molar-refractivity contribution in [2.75, 3.05) is 12.4 Å². The molecule has 0 bridgehead atoms. The number of carbonyl (C=O) groups is 1. The van der Waals surface area contributed by atoms with E-state index in [1.165, 1.54) is 18.7 Å². The highest BCUT2D eigenvalue weighted by atomic mass is 19.1. The van der Waals surface area contributed by atoms with Crippen LogP contribution in [0, 0.1) is 5.82 Å². The topological polar surface area (TPSA) is 50.4 Å². The molecule has 0 saturated heterocycles. The number of rotatable bonds is 5. The molecule has 0 unspecified atom stereocenters. The van der Waals surface area contributed by atoms with Gasteiger partial charge in [0, 0.05) is 5.69 Å². The lowest BCUT2D eigenvalue weighted by molar-refractivity contribution is 0.249. The van der Waals surface area contributed by atoms with Crippen LogP contribution in [0.4, 0.5) is 14.9 Å². The van der Waals surface area contributed by atoms with Crippen molar-refractivity contribution in [3.05, 3.63) is 59.4 Å². The Kier molecular flexibility index (Phi) is 5.57. The molecule has 0 heterocycles. The molecule has 0 saturated carbocycles. The molecule has 2 aromatic rings. The molecule has 122 valence electrons. The summed E-state index contributed by atoms with van der Waals surface area (Å²) in [5.41, 5.74) is 2.59. The highest BCUT2D eigenvalue weighted by molar-refractivity contribution is 5.89. The van der Waals surface area contributed by atoms with Gasteiger partial charge in [0.05, 0.1) is 13.2 Å². The van der Waals surface area contributed by atoms with Crippen molar-refractivity contribution in [3.8, 4) is 5.75 Å². The Balaban J connectivity index is 1.97. The fourth-order valence-electron chi connectivity index (χ4n) is 2.22. The minimum Gasteiger partial charge on any atom is -0.494 e. The predicted octanol–water partition coefficient (Wildman–Crippen LogP) is 4.28. The second-order valence-corrected chi connectivity index (χ2v) is 5.26. The van der Waals surface area contributed by atoms with Gasteiger partial charge in [-0.25, -0.2) is 9.18 Å². The third-order valence-corrected chi connectivity index (χ3v) is 3.64. The van der Waals surface area contributed by atoms with Gasteiger partial charge >= 0.3 is 6.03 Å². The van der Waals surface area contributed by atoms with E-state index in [4.69, 9.17) is 4.74 Å². The average Bonchev–Trinajstić information content (AvgIpc) is 2.55. The van der Waals surface area contributed by atoms with Crippen LogP contribution in [0.1, 0.15) is 31.0 Å². The third kappa shape index (κ3) is 4.45. The number of benzene rings is 2. The molecule has 4 nitrogen and oxygen atoms in total. The first-order chi connectivity index (χ1) is 11.0. The summed E-state index contributed by atoms with van der Waals surface area (Å²) in [6, 6.07) is 11.6. The van der Waals surface area contributed by atoms with Gasteiger partial charge in [-0.15, -0.1) is 0 Å². The first-order valence-corrected chi connectivity index (χ1v) is 7.53. The molecule has 0 aliphatic rings. The number of hydrogen-bond acceptors (Lipinski definition) is 2. The number of carbonyl (C=O) groups excluding carboxylic acids is 1. The van der Waals surface area contributed by atoms with E-state index in [9.17, 15) is 9.18 Å². The zero-order valence-electron chi connectivity index (χ0n) is 13.5. The van der Waals surface area contributed by atoms with Gasteiger partial charge in [0.25, 0.3) is 0 Å². The van der Waals surface area contributed by atoms with Crippen LogP contribution in [-0.4, -0.2) is 13.1 Å². The molecule has 1 atom stereocenters. The molecule has 2 rings (SSSR count). The van der Waals surface area contributed by atoms with Crippen LogP contribution in [0.2, 0.25) is 0 Å². The van der Waals surface area contributed by atoms with E-state index in [0.29, 0.717) is 11.3 Å². The lowest BCUT2D eigenvalue weighted by Gasteiger charge is -2.16. The van der Waals surface area contributed by atoms with E-state index in [1.54, 1.807) is 19.1 Å². The highest BCUT2D eigenvalue weighted by Crippen LogP contribution is 2.21. The van der Waals surface area contributed by atoms with Gasteiger partial charge in [-0.05, 0) is 48.7 Å². The lowest BCUT2D eigenvalue weighted by Crippen LogP contribution is -2.31. The summed E-state index contributed by atoms with van der Waals surface area (Å²) in [6.07, 6.45) is 0.951. The van der Waals surface area contributed by atoms with Crippen LogP contribution in [-0.2, 0) is 6.42 Å². The molecule has 0 aromatic heterocycles. The summed E-state index contributed by atoms with van der Waals surface area (Å²) < 4.78 is 18.6. The number of methoxy groups -OCH3 is 1. The molecule has 2 aromatic carbocycles. The predicted molar refractivity (Wildman–Crippen MR) is 89.3 cm³/mol. The van der Waals surface area contributed by atoms with Crippen molar-refractivity contribution in [3.63, 3.8) is 0 Å². The summed E-state index contributed by atoms with van der Waals surface area (Å²) in [6.45, 7) is 3.87. The Morgan fingerprint density at radius 3 is 2.48 bits per heavy atom. The summed E-state index contributed by atoms with van der Waals surface area (Å²) in [4.78, 5) is 12.0. The first kappa shape index (κ1) is 16.8. The SMILES string of the molecule is CCc1ccc(NC(=O)N[C@H](C)c2ccc(OC)c(F)c2)cc1. The average molecular weight is 316 g/mol. The molecule has 0 aliphatic heterocycles. The molecule has 2 amide bonds. The Morgan fingerprint density at radius 2 is 1.91 bits per heavy atom. The minimum atomic E-state index is -0.450. The Labute approximate surface area is 135 Å². The second kappa shape index (κ2) is 7.63.